The summed E-state index contributed by atoms with van der Waals surface area (Å²) in [6, 6.07) is 7.92. The van der Waals surface area contributed by atoms with E-state index in [9.17, 15) is 19.5 Å². The Morgan fingerprint density at radius 1 is 1.18 bits per heavy atom. The van der Waals surface area contributed by atoms with Gasteiger partial charge in [-0.1, -0.05) is 13.8 Å². The molecule has 1 aliphatic rings. The van der Waals surface area contributed by atoms with Gasteiger partial charge in [-0.05, 0) is 87.2 Å². The molecule has 2 heterocycles. The van der Waals surface area contributed by atoms with Crippen LogP contribution in [0, 0.1) is 11.8 Å². The highest BCUT2D eigenvalue weighted by molar-refractivity contribution is 5.83. The number of rotatable bonds is 10. The van der Waals surface area contributed by atoms with Crippen LogP contribution in [0.3, 0.4) is 0 Å². The predicted molar refractivity (Wildman–Crippen MR) is 167 cm³/mol. The van der Waals surface area contributed by atoms with Crippen molar-refractivity contribution in [3.63, 3.8) is 0 Å². The number of pyridine rings is 1. The van der Waals surface area contributed by atoms with Crippen molar-refractivity contribution in [2.75, 3.05) is 33.9 Å². The molecule has 1 aromatic heterocycles. The highest BCUT2D eigenvalue weighted by Gasteiger charge is 2.33. The van der Waals surface area contributed by atoms with Gasteiger partial charge in [0.25, 0.3) is 0 Å². The van der Waals surface area contributed by atoms with E-state index in [4.69, 9.17) is 18.9 Å². The zero-order chi connectivity index (χ0) is 32.1. The average Bonchev–Trinajstić information content (AvgIpc) is 3.01. The van der Waals surface area contributed by atoms with Gasteiger partial charge in [0.1, 0.15) is 24.2 Å². The molecule has 10 heteroatoms. The van der Waals surface area contributed by atoms with Gasteiger partial charge in [0.05, 0.1) is 31.3 Å². The van der Waals surface area contributed by atoms with Gasteiger partial charge in [-0.15, -0.1) is 0 Å². The van der Waals surface area contributed by atoms with Crippen LogP contribution in [0.1, 0.15) is 71.3 Å². The third-order valence-electron chi connectivity index (χ3n) is 8.60. The normalized spacial score (nSPS) is 26.3. The second-order valence-electron chi connectivity index (χ2n) is 12.0. The first-order chi connectivity index (χ1) is 21.2. The molecule has 0 bridgehead atoms. The van der Waals surface area contributed by atoms with E-state index < -0.39 is 30.3 Å². The molecule has 1 saturated heterocycles. The Labute approximate surface area is 261 Å². The summed E-state index contributed by atoms with van der Waals surface area (Å²) in [5.74, 6) is -0.308. The molecule has 0 radical (unpaired) electrons. The lowest BCUT2D eigenvalue weighted by Crippen LogP contribution is -2.39. The number of aryl methyl sites for hydroxylation is 1. The summed E-state index contributed by atoms with van der Waals surface area (Å²) in [4.78, 5) is 43.5. The Morgan fingerprint density at radius 2 is 1.98 bits per heavy atom. The number of hydrogen-bond acceptors (Lipinski definition) is 10. The number of fused-ring (bicyclic) bond motifs is 1. The quantitative estimate of drug-likeness (QED) is 0.302. The maximum Gasteiger partial charge on any atom is 0.309 e. The van der Waals surface area contributed by atoms with Gasteiger partial charge in [0.2, 0.25) is 0 Å². The number of methoxy groups -OCH3 is 2. The van der Waals surface area contributed by atoms with E-state index in [1.807, 2.05) is 44.3 Å². The lowest BCUT2D eigenvalue weighted by molar-refractivity contribution is -0.165. The molecule has 6 unspecified atom stereocenters. The molecule has 1 N–H and O–H groups in total. The van der Waals surface area contributed by atoms with Crippen LogP contribution in [-0.4, -0.2) is 91.5 Å². The van der Waals surface area contributed by atoms with E-state index in [-0.39, 0.29) is 37.2 Å². The van der Waals surface area contributed by atoms with Gasteiger partial charge in [0.15, 0.2) is 0 Å². The number of aliphatic hydroxyl groups excluding tert-OH is 1. The summed E-state index contributed by atoms with van der Waals surface area (Å²) >= 11 is 0. The van der Waals surface area contributed by atoms with Crippen LogP contribution in [0.5, 0.6) is 5.75 Å². The number of aldehydes is 1. The first kappa shape index (κ1) is 35.4. The number of cyclic esters (lactones) is 1. The highest BCUT2D eigenvalue weighted by atomic mass is 16.6. The van der Waals surface area contributed by atoms with Crippen molar-refractivity contribution in [1.82, 2.24) is 9.88 Å². The summed E-state index contributed by atoms with van der Waals surface area (Å²) in [6.45, 7) is 7.39. The van der Waals surface area contributed by atoms with Crippen molar-refractivity contribution in [3.8, 4) is 5.75 Å². The molecule has 6 atom stereocenters. The number of carbonyl (C=O) groups excluding carboxylic acids is 3. The van der Waals surface area contributed by atoms with E-state index in [0.29, 0.717) is 32.4 Å². The van der Waals surface area contributed by atoms with Crippen LogP contribution < -0.4 is 4.74 Å². The Hall–Kier alpha value is -3.08. The standard InChI is InChI=1S/C34H50N2O8/c1-6-33(39)44-32-21-34(40)43-24(3)12-16-36(22-30(38)23(2)18-25(13-17-37)19-31(32)42-5)15-7-8-26-11-14-35-29-10-9-27(41-4)20-28(26)29/h9-11,14,17,20,23-25,30-32,38H,6-8,12-13,15-16,18-19,21-22H2,1-5H3. The second-order valence-corrected chi connectivity index (χ2v) is 12.0. The maximum absolute atomic E-state index is 13.0. The molecule has 0 aliphatic carbocycles. The molecular formula is C34H50N2O8. The fourth-order valence-electron chi connectivity index (χ4n) is 5.96. The van der Waals surface area contributed by atoms with Crippen LogP contribution in [0.15, 0.2) is 30.5 Å². The fraction of sp³-hybridized carbons (Fsp3) is 0.647. The number of hydrogen-bond donors (Lipinski definition) is 1. The molecule has 44 heavy (non-hydrogen) atoms. The Kier molecular flexibility index (Phi) is 14.5. The van der Waals surface area contributed by atoms with Gasteiger partial charge in [-0.25, -0.2) is 0 Å². The molecule has 244 valence electrons. The molecule has 1 aromatic carbocycles. The predicted octanol–water partition coefficient (Wildman–Crippen LogP) is 4.52. The van der Waals surface area contributed by atoms with Crippen molar-refractivity contribution < 1.29 is 38.4 Å². The molecule has 2 aromatic rings. The SMILES string of the molecule is CCC(=O)OC1CC(=O)OC(C)CCN(CCCc2ccnc3ccc(OC)cc23)CC(O)C(C)CC(CC=O)CC1OC. The van der Waals surface area contributed by atoms with Gasteiger partial charge >= 0.3 is 11.9 Å². The number of β-amino-alcohol motifs (C(OH)–C–C–N with tert-alkyl or cyclic N) is 1. The Balaban J connectivity index is 1.76. The largest absolute Gasteiger partial charge is 0.497 e. The zero-order valence-corrected chi connectivity index (χ0v) is 26.9. The molecule has 1 fully saturated rings. The van der Waals surface area contributed by atoms with Crippen molar-refractivity contribution in [2.24, 2.45) is 11.8 Å². The van der Waals surface area contributed by atoms with E-state index in [2.05, 4.69) is 9.88 Å². The van der Waals surface area contributed by atoms with Gasteiger partial charge in [0, 0.05) is 44.6 Å². The summed E-state index contributed by atoms with van der Waals surface area (Å²) in [7, 11) is 3.17. The van der Waals surface area contributed by atoms with Crippen molar-refractivity contribution in [1.29, 1.82) is 0 Å². The first-order valence-corrected chi connectivity index (χ1v) is 15.8. The van der Waals surface area contributed by atoms with Crippen LogP contribution in [0.2, 0.25) is 0 Å². The van der Waals surface area contributed by atoms with Gasteiger partial charge in [-0.2, -0.15) is 0 Å². The van der Waals surface area contributed by atoms with E-state index in [0.717, 1.165) is 42.3 Å². The number of aliphatic hydroxyl groups is 1. The third kappa shape index (κ3) is 10.8. The summed E-state index contributed by atoms with van der Waals surface area (Å²) in [5, 5.41) is 12.4. The van der Waals surface area contributed by atoms with E-state index >= 15 is 0 Å². The molecular weight excluding hydrogens is 564 g/mol. The minimum absolute atomic E-state index is 0.0892. The van der Waals surface area contributed by atoms with Crippen LogP contribution in [0.25, 0.3) is 10.9 Å². The molecule has 0 saturated carbocycles. The Bertz CT molecular complexity index is 1210. The Morgan fingerprint density at radius 3 is 2.68 bits per heavy atom. The minimum atomic E-state index is -0.826. The lowest BCUT2D eigenvalue weighted by Gasteiger charge is -2.31. The smallest absolute Gasteiger partial charge is 0.309 e. The number of esters is 2. The van der Waals surface area contributed by atoms with E-state index in [1.165, 1.54) is 12.7 Å². The number of benzene rings is 1. The monoisotopic (exact) mass is 614 g/mol. The minimum Gasteiger partial charge on any atom is -0.497 e. The molecule has 0 amide bonds. The number of nitrogens with zero attached hydrogens (tertiary/aromatic N) is 2. The number of aromatic nitrogens is 1. The first-order valence-electron chi connectivity index (χ1n) is 15.8. The van der Waals surface area contributed by atoms with Crippen LogP contribution >= 0.6 is 0 Å². The van der Waals surface area contributed by atoms with Gasteiger partial charge in [-0.3, -0.25) is 14.6 Å². The average molecular weight is 615 g/mol. The molecule has 0 spiro atoms. The van der Waals surface area contributed by atoms with Gasteiger partial charge < -0.3 is 33.7 Å². The van der Waals surface area contributed by atoms with Crippen LogP contribution in [0.4, 0.5) is 0 Å². The lowest BCUT2D eigenvalue weighted by atomic mass is 9.85. The van der Waals surface area contributed by atoms with Crippen molar-refractivity contribution in [3.05, 3.63) is 36.0 Å². The van der Waals surface area contributed by atoms with Crippen molar-refractivity contribution in [2.45, 2.75) is 96.6 Å². The third-order valence-corrected chi connectivity index (χ3v) is 8.60. The summed E-state index contributed by atoms with van der Waals surface area (Å²) in [5.41, 5.74) is 2.11. The fourth-order valence-corrected chi connectivity index (χ4v) is 5.96. The molecule has 10 nitrogen and oxygen atoms in total. The van der Waals surface area contributed by atoms with E-state index in [1.54, 1.807) is 14.0 Å². The van der Waals surface area contributed by atoms with Crippen molar-refractivity contribution >= 4 is 29.1 Å². The van der Waals surface area contributed by atoms with Crippen LogP contribution in [-0.2, 0) is 35.0 Å². The zero-order valence-electron chi connectivity index (χ0n) is 26.9. The summed E-state index contributed by atoms with van der Waals surface area (Å²) < 4.78 is 22.5. The number of carbonyl (C=O) groups is 3. The topological polar surface area (TPSA) is 124 Å². The molecule has 3 rings (SSSR count). The number of ether oxygens (including phenoxy) is 4. The molecule has 1 aliphatic heterocycles. The maximum atomic E-state index is 13.0. The highest BCUT2D eigenvalue weighted by Crippen LogP contribution is 2.28. The summed E-state index contributed by atoms with van der Waals surface area (Å²) in [6.07, 6.45) is 3.89. The second kappa shape index (κ2) is 18.0.